The number of hydrogen-bond acceptors (Lipinski definition) is 4. The van der Waals surface area contributed by atoms with E-state index in [1.165, 1.54) is 31.3 Å². The van der Waals surface area contributed by atoms with E-state index in [4.69, 9.17) is 0 Å². The number of carbonyl (C=O) groups excluding carboxylic acids is 2. The molecule has 1 heterocycles. The van der Waals surface area contributed by atoms with Crippen molar-refractivity contribution in [1.82, 2.24) is 4.98 Å². The molecule has 9 heteroatoms. The minimum absolute atomic E-state index is 0.104. The molecular weight excluding hydrogens is 397 g/mol. The molecule has 3 rings (SSSR count). The van der Waals surface area contributed by atoms with Crippen LogP contribution in [0.4, 0.5) is 36.1 Å². The molecule has 0 bridgehead atoms. The minimum Gasteiger partial charge on any atom is -0.340 e. The van der Waals surface area contributed by atoms with Crippen LogP contribution in [-0.4, -0.2) is 16.8 Å². The Morgan fingerprint density at radius 3 is 2.23 bits per heavy atom. The normalized spacial score (nSPS) is 10.9. The molecule has 2 aromatic carbocycles. The Bertz CT molecular complexity index is 1080. The Morgan fingerprint density at radius 2 is 1.53 bits per heavy atom. The first-order valence-corrected chi connectivity index (χ1v) is 8.81. The first kappa shape index (κ1) is 20.8. The van der Waals surface area contributed by atoms with Crippen LogP contribution in [0.25, 0.3) is 0 Å². The van der Waals surface area contributed by atoms with E-state index in [9.17, 15) is 22.8 Å². The third-order valence-electron chi connectivity index (χ3n) is 3.95. The van der Waals surface area contributed by atoms with Crippen LogP contribution < -0.4 is 16.0 Å². The highest BCUT2D eigenvalue weighted by molar-refractivity contribution is 6.08. The van der Waals surface area contributed by atoms with Crippen molar-refractivity contribution < 1.29 is 22.8 Å². The van der Waals surface area contributed by atoms with Gasteiger partial charge in [-0.3, -0.25) is 9.59 Å². The molecule has 6 nitrogen and oxygen atoms in total. The largest absolute Gasteiger partial charge is 0.416 e. The van der Waals surface area contributed by atoms with Crippen LogP contribution in [0.15, 0.2) is 66.9 Å². The number of aromatic nitrogens is 1. The molecule has 3 N–H and O–H groups in total. The highest BCUT2D eigenvalue weighted by atomic mass is 19.4. The molecule has 0 saturated heterocycles. The maximum Gasteiger partial charge on any atom is 0.416 e. The molecule has 0 aliphatic rings. The maximum absolute atomic E-state index is 12.9. The Kier molecular flexibility index (Phi) is 6.01. The molecule has 0 saturated carbocycles. The van der Waals surface area contributed by atoms with E-state index >= 15 is 0 Å². The van der Waals surface area contributed by atoms with Crippen LogP contribution in [-0.2, 0) is 11.0 Å². The van der Waals surface area contributed by atoms with E-state index in [0.717, 1.165) is 12.1 Å². The summed E-state index contributed by atoms with van der Waals surface area (Å²) in [5.74, 6) is -0.664. The van der Waals surface area contributed by atoms with Crippen molar-refractivity contribution in [3.05, 3.63) is 78.0 Å². The van der Waals surface area contributed by atoms with Gasteiger partial charge in [0, 0.05) is 30.2 Å². The predicted octanol–water partition coefficient (Wildman–Crippen LogP) is 5.05. The lowest BCUT2D eigenvalue weighted by molar-refractivity contribution is -0.137. The molecule has 0 aliphatic carbocycles. The van der Waals surface area contributed by atoms with Crippen molar-refractivity contribution >= 4 is 34.7 Å². The van der Waals surface area contributed by atoms with Gasteiger partial charge in [0.2, 0.25) is 5.91 Å². The molecule has 0 radical (unpaired) electrons. The molecule has 2 amide bonds. The summed E-state index contributed by atoms with van der Waals surface area (Å²) in [6.45, 7) is 1.37. The van der Waals surface area contributed by atoms with Crippen LogP contribution in [0.1, 0.15) is 22.8 Å². The number of amides is 2. The number of rotatable bonds is 5. The Balaban J connectivity index is 1.82. The SMILES string of the molecule is CC(=O)Nc1cccc(NC(=O)c2cccnc2Nc2cccc(C(F)(F)F)c2)c1. The number of anilines is 4. The average Bonchev–Trinajstić information content (AvgIpc) is 2.68. The molecule has 1 aromatic heterocycles. The number of pyridine rings is 1. The standard InChI is InChI=1S/C21H17F3N4O2/c1-13(29)26-16-7-3-8-17(12-16)28-20(30)18-9-4-10-25-19(18)27-15-6-2-5-14(11-15)21(22,23)24/h2-12H,1H3,(H,25,27)(H,26,29)(H,28,30). The Morgan fingerprint density at radius 1 is 0.867 bits per heavy atom. The minimum atomic E-state index is -4.49. The zero-order valence-corrected chi connectivity index (χ0v) is 15.7. The second-order valence-electron chi connectivity index (χ2n) is 6.32. The van der Waals surface area contributed by atoms with Crippen molar-refractivity contribution in [3.63, 3.8) is 0 Å². The second kappa shape index (κ2) is 8.64. The van der Waals surface area contributed by atoms with Crippen molar-refractivity contribution in [2.75, 3.05) is 16.0 Å². The molecule has 0 spiro atoms. The monoisotopic (exact) mass is 414 g/mol. The third kappa shape index (κ3) is 5.34. The quantitative estimate of drug-likeness (QED) is 0.545. The van der Waals surface area contributed by atoms with E-state index in [1.807, 2.05) is 0 Å². The summed E-state index contributed by atoms with van der Waals surface area (Å²) in [6, 6.07) is 14.2. The van der Waals surface area contributed by atoms with Crippen molar-refractivity contribution in [1.29, 1.82) is 0 Å². The zero-order chi connectivity index (χ0) is 21.7. The highest BCUT2D eigenvalue weighted by Crippen LogP contribution is 2.31. The summed E-state index contributed by atoms with van der Waals surface area (Å²) in [4.78, 5) is 28.0. The summed E-state index contributed by atoms with van der Waals surface area (Å²) >= 11 is 0. The molecule has 0 fully saturated rings. The molecular formula is C21H17F3N4O2. The molecule has 30 heavy (non-hydrogen) atoms. The lowest BCUT2D eigenvalue weighted by Crippen LogP contribution is -2.15. The number of benzene rings is 2. The van der Waals surface area contributed by atoms with Crippen LogP contribution in [0.3, 0.4) is 0 Å². The summed E-state index contributed by atoms with van der Waals surface area (Å²) in [6.07, 6.45) is -3.06. The van der Waals surface area contributed by atoms with Gasteiger partial charge in [-0.1, -0.05) is 12.1 Å². The Labute approximate surface area is 170 Å². The second-order valence-corrected chi connectivity index (χ2v) is 6.32. The third-order valence-corrected chi connectivity index (χ3v) is 3.95. The number of nitrogens with zero attached hydrogens (tertiary/aromatic N) is 1. The van der Waals surface area contributed by atoms with Crippen LogP contribution in [0, 0.1) is 0 Å². The maximum atomic E-state index is 12.9. The van der Waals surface area contributed by atoms with E-state index in [1.54, 1.807) is 30.3 Å². The number of nitrogens with one attached hydrogen (secondary N) is 3. The van der Waals surface area contributed by atoms with Crippen molar-refractivity contribution in [3.8, 4) is 0 Å². The summed E-state index contributed by atoms with van der Waals surface area (Å²) in [5, 5.41) is 8.06. The fraction of sp³-hybridized carbons (Fsp3) is 0.0952. The first-order chi connectivity index (χ1) is 14.2. The number of hydrogen-bond donors (Lipinski definition) is 3. The molecule has 0 atom stereocenters. The first-order valence-electron chi connectivity index (χ1n) is 8.81. The predicted molar refractivity (Wildman–Crippen MR) is 108 cm³/mol. The van der Waals surface area contributed by atoms with Gasteiger partial charge in [-0.2, -0.15) is 13.2 Å². The van der Waals surface area contributed by atoms with Gasteiger partial charge < -0.3 is 16.0 Å². The van der Waals surface area contributed by atoms with E-state index in [0.29, 0.717) is 11.4 Å². The zero-order valence-electron chi connectivity index (χ0n) is 15.7. The topological polar surface area (TPSA) is 83.1 Å². The number of halogens is 3. The van der Waals surface area contributed by atoms with Crippen LogP contribution in [0.5, 0.6) is 0 Å². The van der Waals surface area contributed by atoms with Crippen LogP contribution in [0.2, 0.25) is 0 Å². The van der Waals surface area contributed by atoms with Gasteiger partial charge in [-0.05, 0) is 48.5 Å². The van der Waals surface area contributed by atoms with E-state index in [2.05, 4.69) is 20.9 Å². The van der Waals surface area contributed by atoms with Gasteiger partial charge >= 0.3 is 6.18 Å². The summed E-state index contributed by atoms with van der Waals surface area (Å²) in [7, 11) is 0. The van der Waals surface area contributed by atoms with Gasteiger partial charge in [-0.25, -0.2) is 4.98 Å². The van der Waals surface area contributed by atoms with E-state index < -0.39 is 17.6 Å². The van der Waals surface area contributed by atoms with Gasteiger partial charge in [-0.15, -0.1) is 0 Å². The molecule has 3 aromatic rings. The van der Waals surface area contributed by atoms with Gasteiger partial charge in [0.05, 0.1) is 11.1 Å². The Hall–Kier alpha value is -3.88. The van der Waals surface area contributed by atoms with Gasteiger partial charge in [0.1, 0.15) is 5.82 Å². The molecule has 154 valence electrons. The molecule has 0 aliphatic heterocycles. The van der Waals surface area contributed by atoms with Gasteiger partial charge in [0.25, 0.3) is 5.91 Å². The lowest BCUT2D eigenvalue weighted by atomic mass is 10.1. The highest BCUT2D eigenvalue weighted by Gasteiger charge is 2.30. The number of carbonyl (C=O) groups is 2. The summed E-state index contributed by atoms with van der Waals surface area (Å²) in [5.41, 5.74) is 0.406. The van der Waals surface area contributed by atoms with Crippen LogP contribution >= 0.6 is 0 Å². The fourth-order valence-corrected chi connectivity index (χ4v) is 2.67. The average molecular weight is 414 g/mol. The fourth-order valence-electron chi connectivity index (χ4n) is 2.67. The summed E-state index contributed by atoms with van der Waals surface area (Å²) < 4.78 is 38.8. The number of alkyl halides is 3. The van der Waals surface area contributed by atoms with E-state index in [-0.39, 0.29) is 23.0 Å². The van der Waals surface area contributed by atoms with Crippen molar-refractivity contribution in [2.45, 2.75) is 13.1 Å². The lowest BCUT2D eigenvalue weighted by Gasteiger charge is -2.13. The van der Waals surface area contributed by atoms with Gasteiger partial charge in [0.15, 0.2) is 0 Å². The van der Waals surface area contributed by atoms with Crippen molar-refractivity contribution in [2.24, 2.45) is 0 Å². The smallest absolute Gasteiger partial charge is 0.340 e. The molecule has 0 unspecified atom stereocenters.